The molecule has 0 aliphatic rings. The molecule has 0 aromatic heterocycles. The Morgan fingerprint density at radius 3 is 2.38 bits per heavy atom. The molecule has 0 aliphatic heterocycles. The Morgan fingerprint density at radius 2 is 1.85 bits per heavy atom. The van der Waals surface area contributed by atoms with E-state index in [0.29, 0.717) is 5.92 Å². The third-order valence-electron chi connectivity index (χ3n) is 2.19. The monoisotopic (exact) mass is 172 g/mol. The van der Waals surface area contributed by atoms with E-state index in [4.69, 9.17) is 0 Å². The fourth-order valence-electron chi connectivity index (χ4n) is 1.42. The highest BCUT2D eigenvalue weighted by Gasteiger charge is 2.04. The zero-order chi connectivity index (χ0) is 9.52. The molecule has 0 N–H and O–H groups in total. The predicted octanol–water partition coefficient (Wildman–Crippen LogP) is 3.92. The molecule has 0 heteroatoms. The van der Waals surface area contributed by atoms with Crippen molar-refractivity contribution >= 4 is 0 Å². The van der Waals surface area contributed by atoms with Crippen LogP contribution in [0.5, 0.6) is 0 Å². The highest BCUT2D eigenvalue weighted by Crippen LogP contribution is 2.21. The normalized spacial score (nSPS) is 12.0. The maximum atomic E-state index is 3.86. The van der Waals surface area contributed by atoms with Crippen LogP contribution < -0.4 is 0 Å². The molecule has 0 amide bonds. The molecule has 0 saturated carbocycles. The van der Waals surface area contributed by atoms with Crippen LogP contribution >= 0.6 is 0 Å². The van der Waals surface area contributed by atoms with E-state index in [9.17, 15) is 0 Å². The average molecular weight is 172 g/mol. The molecule has 1 aromatic carbocycles. The fourth-order valence-corrected chi connectivity index (χ4v) is 1.42. The van der Waals surface area contributed by atoms with Gasteiger partial charge in [0.05, 0.1) is 0 Å². The van der Waals surface area contributed by atoms with Crippen LogP contribution in [-0.4, -0.2) is 0 Å². The topological polar surface area (TPSA) is 0 Å². The van der Waals surface area contributed by atoms with Gasteiger partial charge in [0.1, 0.15) is 0 Å². The third-order valence-corrected chi connectivity index (χ3v) is 2.19. The Hall–Kier alpha value is -1.30. The summed E-state index contributed by atoms with van der Waals surface area (Å²) in [5, 5.41) is 0. The lowest BCUT2D eigenvalue weighted by molar-refractivity contribution is 0.753. The van der Waals surface area contributed by atoms with Crippen molar-refractivity contribution < 1.29 is 0 Å². The van der Waals surface area contributed by atoms with Crippen LogP contribution in [0.2, 0.25) is 0 Å². The van der Waals surface area contributed by atoms with E-state index in [1.165, 1.54) is 5.56 Å². The Bertz CT molecular complexity index is 259. The highest BCUT2D eigenvalue weighted by atomic mass is 14.1. The van der Waals surface area contributed by atoms with Crippen LogP contribution in [-0.2, 0) is 0 Å². The average Bonchev–Trinajstić information content (AvgIpc) is 2.21. The first-order valence-electron chi connectivity index (χ1n) is 4.67. The Morgan fingerprint density at radius 1 is 1.15 bits per heavy atom. The lowest BCUT2D eigenvalue weighted by Crippen LogP contribution is -1.93. The van der Waals surface area contributed by atoms with Gasteiger partial charge in [-0.05, 0) is 18.4 Å². The van der Waals surface area contributed by atoms with Crippen LogP contribution in [0.1, 0.15) is 24.3 Å². The number of hydrogen-bond donors (Lipinski definition) is 0. The molecule has 0 spiro atoms. The van der Waals surface area contributed by atoms with Gasteiger partial charge in [-0.25, -0.2) is 0 Å². The van der Waals surface area contributed by atoms with Crippen molar-refractivity contribution in [1.82, 2.24) is 0 Å². The first-order valence-corrected chi connectivity index (χ1v) is 4.67. The minimum atomic E-state index is 0.471. The molecule has 0 radical (unpaired) electrons. The molecule has 0 fully saturated rings. The van der Waals surface area contributed by atoms with Crippen molar-refractivity contribution in [3.05, 3.63) is 61.2 Å². The largest absolute Gasteiger partial charge is 0.103 e. The van der Waals surface area contributed by atoms with Crippen molar-refractivity contribution in [1.29, 1.82) is 0 Å². The summed E-state index contributed by atoms with van der Waals surface area (Å²) in [6.07, 6.45) is 6.13. The SMILES string of the molecule is C=CCC[C@@H](C=C)c1ccccc1. The maximum absolute atomic E-state index is 3.86. The molecule has 13 heavy (non-hydrogen) atoms. The summed E-state index contributed by atoms with van der Waals surface area (Å²) in [6, 6.07) is 10.5. The predicted molar refractivity (Wildman–Crippen MR) is 58.8 cm³/mol. The minimum Gasteiger partial charge on any atom is -0.103 e. The summed E-state index contributed by atoms with van der Waals surface area (Å²) in [5.74, 6) is 0.471. The minimum absolute atomic E-state index is 0.471. The standard InChI is InChI=1S/C13H16/c1-3-5-9-12(4-2)13-10-7-6-8-11-13/h3-4,6-8,10-12H,1-2,5,9H2/t12-/m1/s1. The Balaban J connectivity index is 2.66. The number of allylic oxidation sites excluding steroid dienone is 2. The zero-order valence-electron chi connectivity index (χ0n) is 7.95. The van der Waals surface area contributed by atoms with Crippen molar-refractivity contribution in [2.75, 3.05) is 0 Å². The fraction of sp³-hybridized carbons (Fsp3) is 0.231. The Kier molecular flexibility index (Phi) is 4.04. The van der Waals surface area contributed by atoms with Crippen molar-refractivity contribution in [2.24, 2.45) is 0 Å². The smallest absolute Gasteiger partial charge is 0.00182 e. The summed E-state index contributed by atoms with van der Waals surface area (Å²) in [7, 11) is 0. The number of benzene rings is 1. The molecule has 0 saturated heterocycles. The second-order valence-corrected chi connectivity index (χ2v) is 3.12. The van der Waals surface area contributed by atoms with Gasteiger partial charge in [0.25, 0.3) is 0 Å². The first kappa shape index (κ1) is 9.79. The molecule has 0 nitrogen and oxygen atoms in total. The van der Waals surface area contributed by atoms with Crippen LogP contribution in [0.4, 0.5) is 0 Å². The van der Waals surface area contributed by atoms with Crippen molar-refractivity contribution in [2.45, 2.75) is 18.8 Å². The van der Waals surface area contributed by atoms with Crippen LogP contribution in [0, 0.1) is 0 Å². The van der Waals surface area contributed by atoms with E-state index in [2.05, 4.69) is 37.4 Å². The van der Waals surface area contributed by atoms with Gasteiger partial charge >= 0.3 is 0 Å². The van der Waals surface area contributed by atoms with Gasteiger partial charge in [0.2, 0.25) is 0 Å². The van der Waals surface area contributed by atoms with Crippen molar-refractivity contribution in [3.8, 4) is 0 Å². The van der Waals surface area contributed by atoms with Gasteiger partial charge in [-0.1, -0.05) is 42.5 Å². The van der Waals surface area contributed by atoms with E-state index in [1.807, 2.05) is 18.2 Å². The molecular formula is C13H16. The van der Waals surface area contributed by atoms with Crippen LogP contribution in [0.15, 0.2) is 55.6 Å². The summed E-state index contributed by atoms with van der Waals surface area (Å²) >= 11 is 0. The van der Waals surface area contributed by atoms with E-state index < -0.39 is 0 Å². The van der Waals surface area contributed by atoms with Crippen molar-refractivity contribution in [3.63, 3.8) is 0 Å². The van der Waals surface area contributed by atoms with E-state index in [-0.39, 0.29) is 0 Å². The quantitative estimate of drug-likeness (QED) is 0.590. The molecule has 0 bridgehead atoms. The van der Waals surface area contributed by atoms with E-state index in [1.54, 1.807) is 0 Å². The maximum Gasteiger partial charge on any atom is 0.00182 e. The molecule has 1 aromatic rings. The first-order chi connectivity index (χ1) is 6.38. The molecule has 0 heterocycles. The van der Waals surface area contributed by atoms with Crippen LogP contribution in [0.25, 0.3) is 0 Å². The molecule has 68 valence electrons. The highest BCUT2D eigenvalue weighted by molar-refractivity contribution is 5.22. The second kappa shape index (κ2) is 5.36. The third kappa shape index (κ3) is 2.90. The number of hydrogen-bond acceptors (Lipinski definition) is 0. The van der Waals surface area contributed by atoms with E-state index >= 15 is 0 Å². The molecule has 0 aliphatic carbocycles. The lowest BCUT2D eigenvalue weighted by Gasteiger charge is -2.10. The van der Waals surface area contributed by atoms with Gasteiger partial charge in [-0.15, -0.1) is 13.2 Å². The summed E-state index contributed by atoms with van der Waals surface area (Å²) in [5.41, 5.74) is 1.35. The molecule has 1 atom stereocenters. The molecule has 0 unspecified atom stereocenters. The Labute approximate surface area is 80.6 Å². The molecule has 1 rings (SSSR count). The lowest BCUT2D eigenvalue weighted by atomic mass is 9.94. The van der Waals surface area contributed by atoms with Crippen LogP contribution in [0.3, 0.4) is 0 Å². The summed E-state index contributed by atoms with van der Waals surface area (Å²) < 4.78 is 0. The molecular weight excluding hydrogens is 156 g/mol. The van der Waals surface area contributed by atoms with Gasteiger partial charge < -0.3 is 0 Å². The van der Waals surface area contributed by atoms with Gasteiger partial charge in [-0.3, -0.25) is 0 Å². The van der Waals surface area contributed by atoms with E-state index in [0.717, 1.165) is 12.8 Å². The number of rotatable bonds is 5. The second-order valence-electron chi connectivity index (χ2n) is 3.12. The zero-order valence-corrected chi connectivity index (χ0v) is 7.95. The summed E-state index contributed by atoms with van der Waals surface area (Å²) in [4.78, 5) is 0. The van der Waals surface area contributed by atoms with Gasteiger partial charge in [0, 0.05) is 5.92 Å². The summed E-state index contributed by atoms with van der Waals surface area (Å²) in [6.45, 7) is 7.58. The van der Waals surface area contributed by atoms with Gasteiger partial charge in [-0.2, -0.15) is 0 Å². The van der Waals surface area contributed by atoms with Gasteiger partial charge in [0.15, 0.2) is 0 Å².